The molecule has 1 aliphatic heterocycles. The Morgan fingerprint density at radius 3 is 2.12 bits per heavy atom. The first kappa shape index (κ1) is 47.3. The first-order valence-electron chi connectivity index (χ1n) is 23.2. The summed E-state index contributed by atoms with van der Waals surface area (Å²) in [6, 6.07) is 6.20. The molecule has 12 N–H and O–H groups in total. The molecule has 4 aliphatic rings. The van der Waals surface area contributed by atoms with E-state index in [1.54, 1.807) is 11.9 Å². The van der Waals surface area contributed by atoms with Gasteiger partial charge < -0.3 is 43.8 Å². The van der Waals surface area contributed by atoms with Gasteiger partial charge in [-0.05, 0) is 114 Å². The zero-order chi connectivity index (χ0) is 43.2. The molecule has 0 radical (unpaired) electrons. The van der Waals surface area contributed by atoms with Crippen molar-refractivity contribution >= 4 is 35.1 Å². The summed E-state index contributed by atoms with van der Waals surface area (Å²) in [5.41, 5.74) is 24.6. The number of nitrogens with one attached hydrogen (secondary N) is 4. The van der Waals surface area contributed by atoms with Crippen molar-refractivity contribution in [1.82, 2.24) is 20.9 Å². The third kappa shape index (κ3) is 12.0. The van der Waals surface area contributed by atoms with Crippen LogP contribution in [0.4, 0.5) is 0 Å². The highest BCUT2D eigenvalue weighted by Crippen LogP contribution is 2.42. The highest BCUT2D eigenvalue weighted by atomic mass is 16.2. The number of nitrogens with zero attached hydrogens (tertiary/aromatic N) is 1. The van der Waals surface area contributed by atoms with Gasteiger partial charge in [0.25, 0.3) is 0 Å². The van der Waals surface area contributed by atoms with E-state index in [0.29, 0.717) is 96.6 Å². The fraction of sp³-hybridized carbons (Fsp3) is 0.739. The van der Waals surface area contributed by atoms with Crippen LogP contribution in [0.2, 0.25) is 0 Å². The van der Waals surface area contributed by atoms with Crippen molar-refractivity contribution in [3.05, 3.63) is 35.9 Å². The molecule has 2 amide bonds. The monoisotopic (exact) mass is 834 g/mol. The minimum absolute atomic E-state index is 0.0724. The Labute approximate surface area is 357 Å². The number of nitrogens with two attached hydrogens (primary N) is 4. The number of unbranched alkanes of at least 4 members (excludes halogenated alkanes) is 1. The molecule has 3 aliphatic carbocycles. The number of hydrogen-bond acceptors (Lipinski definition) is 10. The molecule has 0 bridgehead atoms. The summed E-state index contributed by atoms with van der Waals surface area (Å²) in [7, 11) is 1.72. The molecule has 1 aromatic rings. The molecule has 60 heavy (non-hydrogen) atoms. The summed E-state index contributed by atoms with van der Waals surface area (Å²) in [6.07, 6.45) is 14.6. The van der Waals surface area contributed by atoms with Crippen LogP contribution in [0.15, 0.2) is 30.3 Å². The van der Waals surface area contributed by atoms with Crippen LogP contribution >= 0.6 is 0 Å². The molecular formula is C46H75N9O5. The fourth-order valence-corrected chi connectivity index (χ4v) is 10.9. The summed E-state index contributed by atoms with van der Waals surface area (Å²) in [5.74, 6) is -3.89. The minimum Gasteiger partial charge on any atom is -0.370 e. The molecule has 0 aromatic heterocycles. The molecule has 6 atom stereocenters. The summed E-state index contributed by atoms with van der Waals surface area (Å²) < 4.78 is 0. The summed E-state index contributed by atoms with van der Waals surface area (Å²) in [4.78, 5) is 76.1. The van der Waals surface area contributed by atoms with Gasteiger partial charge >= 0.3 is 0 Å². The Morgan fingerprint density at radius 1 is 0.850 bits per heavy atom. The number of carbonyl (C=O) groups is 5. The Bertz CT molecular complexity index is 1590. The molecule has 3 saturated carbocycles. The zero-order valence-electron chi connectivity index (χ0n) is 36.1. The Balaban J connectivity index is 1.46. The van der Waals surface area contributed by atoms with Crippen LogP contribution in [-0.2, 0) is 30.4 Å². The molecule has 14 nitrogen and oxygen atoms in total. The number of hydrogen-bond donors (Lipinski definition) is 8. The van der Waals surface area contributed by atoms with Gasteiger partial charge in [-0.15, -0.1) is 0 Å². The average molecular weight is 834 g/mol. The normalized spacial score (nSPS) is 24.7. The molecule has 334 valence electrons. The number of ketones is 3. The van der Waals surface area contributed by atoms with E-state index in [1.807, 2.05) is 30.3 Å². The summed E-state index contributed by atoms with van der Waals surface area (Å²) in [6.45, 7) is 0.748. The second kappa shape index (κ2) is 22.9. The van der Waals surface area contributed by atoms with Gasteiger partial charge in [0.15, 0.2) is 23.3 Å². The molecule has 1 heterocycles. The predicted molar refractivity (Wildman–Crippen MR) is 235 cm³/mol. The van der Waals surface area contributed by atoms with Crippen LogP contribution in [0.3, 0.4) is 0 Å². The Hall–Kier alpha value is -3.72. The van der Waals surface area contributed by atoms with Crippen LogP contribution in [0.25, 0.3) is 0 Å². The second-order valence-electron chi connectivity index (χ2n) is 18.4. The van der Waals surface area contributed by atoms with Crippen molar-refractivity contribution in [3.63, 3.8) is 0 Å². The van der Waals surface area contributed by atoms with E-state index >= 15 is 14.4 Å². The quantitative estimate of drug-likeness (QED) is 0.0386. The highest BCUT2D eigenvalue weighted by Gasteiger charge is 2.59. The van der Waals surface area contributed by atoms with E-state index in [1.165, 1.54) is 0 Å². The molecule has 0 spiro atoms. The minimum atomic E-state index is -2.16. The van der Waals surface area contributed by atoms with Gasteiger partial charge in [0, 0.05) is 18.5 Å². The van der Waals surface area contributed by atoms with Crippen molar-refractivity contribution in [2.75, 3.05) is 20.1 Å². The smallest absolute Gasteiger partial charge is 0.245 e. The van der Waals surface area contributed by atoms with Gasteiger partial charge in [-0.25, -0.2) is 0 Å². The first-order valence-corrected chi connectivity index (χ1v) is 23.2. The number of rotatable bonds is 21. The fourth-order valence-electron chi connectivity index (χ4n) is 10.9. The molecule has 1 unspecified atom stereocenters. The molecule has 14 heteroatoms. The molecule has 1 aromatic carbocycles. The summed E-state index contributed by atoms with van der Waals surface area (Å²) in [5, 5.41) is 16.8. The number of guanidine groups is 1. The second-order valence-corrected chi connectivity index (χ2v) is 18.4. The van der Waals surface area contributed by atoms with E-state index in [0.717, 1.165) is 56.9 Å². The van der Waals surface area contributed by atoms with Crippen LogP contribution in [0.1, 0.15) is 134 Å². The maximum Gasteiger partial charge on any atom is 0.245 e. The summed E-state index contributed by atoms with van der Waals surface area (Å²) >= 11 is 0. The van der Waals surface area contributed by atoms with Gasteiger partial charge in [0.1, 0.15) is 11.6 Å². The van der Waals surface area contributed by atoms with E-state index in [4.69, 9.17) is 28.3 Å². The number of benzene rings is 1. The SMILES string of the molecule is CN[C@@H](Cc1ccccc1)C(=O)N[C@@H](CCCCN)C(=O)N1CCC[C@H]1C(=O)C(C1CCCCC1)[C@@](N)(C(=O)[C@H](N)CC1CCCCC1)C(=O)[C@H]1CC[C@@H](NC(=N)N)CC1. The van der Waals surface area contributed by atoms with Gasteiger partial charge in [0.2, 0.25) is 11.8 Å². The van der Waals surface area contributed by atoms with Gasteiger partial charge in [-0.1, -0.05) is 81.7 Å². The first-order chi connectivity index (χ1) is 28.9. The van der Waals surface area contributed by atoms with Crippen molar-refractivity contribution < 1.29 is 24.0 Å². The largest absolute Gasteiger partial charge is 0.370 e. The van der Waals surface area contributed by atoms with Crippen molar-refractivity contribution in [1.29, 1.82) is 5.41 Å². The third-order valence-corrected chi connectivity index (χ3v) is 14.2. The number of likely N-dealkylation sites (tertiary alicyclic amines) is 1. The van der Waals surface area contributed by atoms with Crippen molar-refractivity contribution in [2.24, 2.45) is 46.6 Å². The Kier molecular flexibility index (Phi) is 18.1. The zero-order valence-corrected chi connectivity index (χ0v) is 36.1. The molecular weight excluding hydrogens is 759 g/mol. The lowest BCUT2D eigenvalue weighted by Crippen LogP contribution is -2.70. The Morgan fingerprint density at radius 2 is 1.50 bits per heavy atom. The van der Waals surface area contributed by atoms with Crippen LogP contribution in [0, 0.1) is 29.1 Å². The molecule has 5 rings (SSSR count). The van der Waals surface area contributed by atoms with Crippen LogP contribution < -0.4 is 38.9 Å². The maximum atomic E-state index is 15.6. The van der Waals surface area contributed by atoms with Crippen molar-refractivity contribution in [3.8, 4) is 0 Å². The van der Waals surface area contributed by atoms with Gasteiger partial charge in [0.05, 0.1) is 24.0 Å². The number of Topliss-reactive ketones (excluding diaryl/α,β-unsaturated/α-hetero) is 3. The standard InChI is InChI=1S/C46H75N9O5/c1-52-37(29-31-16-7-3-8-17-31)43(59)54-36(20-11-12-26-47)44(60)55-27-13-21-38(55)40(56)39(32-18-9-4-10-19-32)46(51,42(58)35(48)28-30-14-5-2-6-15-30)41(57)33-22-24-34(25-23-33)53-45(49)50/h3,7-8,16-17,30,32-39,52H,2,4-6,9-15,18-29,47-48,51H2,1H3,(H,54,59)(H4,49,50,53)/t33-,34+,35-,36+,37+,38+,39?,46+/m1/s1. The van der Waals surface area contributed by atoms with E-state index in [2.05, 4.69) is 16.0 Å². The lowest BCUT2D eigenvalue weighted by atomic mass is 9.60. The average Bonchev–Trinajstić information content (AvgIpc) is 3.76. The highest BCUT2D eigenvalue weighted by molar-refractivity contribution is 6.18. The number of carbonyl (C=O) groups excluding carboxylic acids is 5. The third-order valence-electron chi connectivity index (χ3n) is 14.2. The number of likely N-dealkylation sites (N-methyl/N-ethyl adjacent to an activating group) is 1. The lowest BCUT2D eigenvalue weighted by molar-refractivity contribution is -0.151. The van der Waals surface area contributed by atoms with E-state index < -0.39 is 53.1 Å². The topological polar surface area (TPSA) is 253 Å². The maximum absolute atomic E-state index is 15.6. The molecule has 1 saturated heterocycles. The number of amides is 2. The molecule has 4 fully saturated rings. The van der Waals surface area contributed by atoms with Gasteiger partial charge in [-0.2, -0.15) is 0 Å². The lowest BCUT2D eigenvalue weighted by Gasteiger charge is -2.45. The van der Waals surface area contributed by atoms with Crippen LogP contribution in [0.5, 0.6) is 0 Å². The van der Waals surface area contributed by atoms with E-state index in [-0.39, 0.29) is 41.4 Å². The van der Waals surface area contributed by atoms with Gasteiger partial charge in [-0.3, -0.25) is 29.4 Å². The van der Waals surface area contributed by atoms with Crippen molar-refractivity contribution in [2.45, 2.75) is 171 Å². The predicted octanol–water partition coefficient (Wildman–Crippen LogP) is 3.36. The van der Waals surface area contributed by atoms with Crippen LogP contribution in [-0.4, -0.2) is 95.9 Å². The van der Waals surface area contributed by atoms with E-state index in [9.17, 15) is 9.59 Å².